The van der Waals surface area contributed by atoms with Crippen LogP contribution in [0.4, 0.5) is 0 Å². The first-order valence-electron chi connectivity index (χ1n) is 9.89. The number of amidine groups is 1. The van der Waals surface area contributed by atoms with E-state index in [1.165, 1.54) is 16.8 Å². The topological polar surface area (TPSA) is 83.4 Å². The number of rotatable bonds is 6. The van der Waals surface area contributed by atoms with Crippen molar-refractivity contribution < 1.29 is 14.3 Å². The first kappa shape index (κ1) is 21.6. The minimum Gasteiger partial charge on any atom is -0.497 e. The fourth-order valence-electron chi connectivity index (χ4n) is 3.31. The summed E-state index contributed by atoms with van der Waals surface area (Å²) in [4.78, 5) is 31.1. The second kappa shape index (κ2) is 9.23. The number of halogens is 1. The van der Waals surface area contributed by atoms with Crippen LogP contribution < -0.4 is 20.6 Å². The number of hydrogen-bond donors (Lipinski definition) is 1. The maximum atomic E-state index is 13.4. The van der Waals surface area contributed by atoms with Gasteiger partial charge in [-0.05, 0) is 48.9 Å². The standard InChI is InChI=1S/C22H21BrN4O3S/c1-3-4-11-31-22-25-21(29)18-16-12-14(23)7-10-17(16)24-20(27(18)26-22)19(28)13-5-8-15(30-2)9-6-13/h5-10,12,20H,3-4,11H2,1-2H3,(H,25,26,29)/t20-/m1/s1. The number of thioether (sulfide) groups is 1. The smallest absolute Gasteiger partial charge is 0.276 e. The van der Waals surface area contributed by atoms with Crippen LogP contribution in [0.15, 0.2) is 57.0 Å². The largest absolute Gasteiger partial charge is 0.497 e. The van der Waals surface area contributed by atoms with Gasteiger partial charge in [-0.2, -0.15) is 0 Å². The molecule has 9 heteroatoms. The SMILES string of the molecule is CCCCSC1=NN2C(=c3cc(Br)ccc3=N[C@H]2C(=O)c2ccc(OC)cc2)C(=O)N1. The fraction of sp³-hybridized carbons (Fsp3) is 0.273. The van der Waals surface area contributed by atoms with Gasteiger partial charge in [0.15, 0.2) is 5.17 Å². The van der Waals surface area contributed by atoms with Gasteiger partial charge in [-0.15, -0.1) is 5.10 Å². The molecule has 1 atom stereocenters. The molecule has 1 amide bonds. The molecule has 2 aromatic carbocycles. The summed E-state index contributed by atoms with van der Waals surface area (Å²) in [5, 5.41) is 10.6. The Bertz CT molecular complexity index is 1180. The van der Waals surface area contributed by atoms with Crippen molar-refractivity contribution in [3.8, 4) is 5.75 Å². The first-order chi connectivity index (χ1) is 15.0. The zero-order chi connectivity index (χ0) is 22.0. The zero-order valence-electron chi connectivity index (χ0n) is 17.1. The predicted molar refractivity (Wildman–Crippen MR) is 124 cm³/mol. The molecule has 160 valence electrons. The Labute approximate surface area is 192 Å². The van der Waals surface area contributed by atoms with Crippen molar-refractivity contribution in [2.24, 2.45) is 10.1 Å². The number of carbonyl (C=O) groups excluding carboxylic acids is 2. The molecule has 2 aliphatic rings. The van der Waals surface area contributed by atoms with Crippen LogP contribution in [0.25, 0.3) is 5.70 Å². The Morgan fingerprint density at radius 1 is 1.26 bits per heavy atom. The second-order valence-corrected chi connectivity index (χ2v) is 9.01. The summed E-state index contributed by atoms with van der Waals surface area (Å²) in [5.74, 6) is 0.945. The highest BCUT2D eigenvalue weighted by Crippen LogP contribution is 2.24. The van der Waals surface area contributed by atoms with Crippen LogP contribution in [-0.4, -0.2) is 40.9 Å². The number of Topliss-reactive ketones (excluding diaryl/α,β-unsaturated/α-hetero) is 1. The number of hydrogen-bond acceptors (Lipinski definition) is 7. The molecule has 2 aliphatic heterocycles. The lowest BCUT2D eigenvalue weighted by molar-refractivity contribution is -0.115. The van der Waals surface area contributed by atoms with Crippen LogP contribution >= 0.6 is 27.7 Å². The van der Waals surface area contributed by atoms with E-state index in [0.717, 1.165) is 23.1 Å². The number of fused-ring (bicyclic) bond motifs is 2. The molecule has 0 saturated heterocycles. The van der Waals surface area contributed by atoms with Gasteiger partial charge in [0.2, 0.25) is 11.9 Å². The molecule has 0 aliphatic carbocycles. The van der Waals surface area contributed by atoms with Crippen molar-refractivity contribution in [3.05, 3.63) is 63.1 Å². The highest BCUT2D eigenvalue weighted by atomic mass is 79.9. The quantitative estimate of drug-likeness (QED) is 0.486. The third-order valence-electron chi connectivity index (χ3n) is 4.92. The maximum absolute atomic E-state index is 13.4. The minimum absolute atomic E-state index is 0.245. The van der Waals surface area contributed by atoms with Crippen LogP contribution in [0.2, 0.25) is 0 Å². The van der Waals surface area contributed by atoms with E-state index in [1.54, 1.807) is 37.4 Å². The maximum Gasteiger partial charge on any atom is 0.276 e. The lowest BCUT2D eigenvalue weighted by Crippen LogP contribution is -2.54. The molecular weight excluding hydrogens is 480 g/mol. The van der Waals surface area contributed by atoms with Crippen LogP contribution in [0.1, 0.15) is 30.1 Å². The number of nitrogens with zero attached hydrogens (tertiary/aromatic N) is 3. The number of carbonyl (C=O) groups is 2. The number of nitrogens with one attached hydrogen (secondary N) is 1. The lowest BCUT2D eigenvalue weighted by Gasteiger charge is -2.33. The number of unbranched alkanes of at least 4 members (excludes halogenated alkanes) is 1. The number of amides is 1. The Balaban J connectivity index is 1.80. The molecule has 0 radical (unpaired) electrons. The molecule has 31 heavy (non-hydrogen) atoms. The Hall–Kier alpha value is -2.65. The number of methoxy groups -OCH3 is 1. The molecule has 1 N–H and O–H groups in total. The Kier molecular flexibility index (Phi) is 6.43. The van der Waals surface area contributed by atoms with Crippen molar-refractivity contribution >= 4 is 50.2 Å². The number of ether oxygens (including phenoxy) is 1. The molecule has 0 aromatic heterocycles. The summed E-state index contributed by atoms with van der Waals surface area (Å²) >= 11 is 4.92. The fourth-order valence-corrected chi connectivity index (χ4v) is 4.60. The van der Waals surface area contributed by atoms with Gasteiger partial charge < -0.3 is 4.74 Å². The van der Waals surface area contributed by atoms with Crippen LogP contribution in [0.5, 0.6) is 5.75 Å². The molecule has 0 unspecified atom stereocenters. The molecule has 2 heterocycles. The lowest BCUT2D eigenvalue weighted by atomic mass is 10.1. The first-order valence-corrected chi connectivity index (χ1v) is 11.7. The third-order valence-corrected chi connectivity index (χ3v) is 6.36. The highest BCUT2D eigenvalue weighted by Gasteiger charge is 2.37. The molecular formula is C22H21BrN4O3S. The summed E-state index contributed by atoms with van der Waals surface area (Å²) in [5.41, 5.74) is 0.786. The summed E-state index contributed by atoms with van der Waals surface area (Å²) in [6.45, 7) is 2.11. The van der Waals surface area contributed by atoms with Crippen molar-refractivity contribution in [3.63, 3.8) is 0 Å². The monoisotopic (exact) mass is 500 g/mol. The Morgan fingerprint density at radius 3 is 2.74 bits per heavy atom. The van der Waals surface area contributed by atoms with E-state index < -0.39 is 6.17 Å². The van der Waals surface area contributed by atoms with E-state index in [2.05, 4.69) is 38.3 Å². The average molecular weight is 501 g/mol. The zero-order valence-corrected chi connectivity index (χ0v) is 19.5. The van der Waals surface area contributed by atoms with Gasteiger partial charge in [0.1, 0.15) is 11.4 Å². The van der Waals surface area contributed by atoms with Crippen LogP contribution in [0.3, 0.4) is 0 Å². The summed E-state index contributed by atoms with van der Waals surface area (Å²) in [6.07, 6.45) is 1.08. The number of benzene rings is 2. The summed E-state index contributed by atoms with van der Waals surface area (Å²) in [7, 11) is 1.57. The van der Waals surface area contributed by atoms with Crippen LogP contribution in [0, 0.1) is 0 Å². The van der Waals surface area contributed by atoms with Gasteiger partial charge in [0.25, 0.3) is 5.91 Å². The normalized spacial score (nSPS) is 17.2. The molecule has 0 spiro atoms. The second-order valence-electron chi connectivity index (χ2n) is 7.01. The van der Waals surface area contributed by atoms with Crippen molar-refractivity contribution in [1.29, 1.82) is 0 Å². The van der Waals surface area contributed by atoms with Gasteiger partial charge >= 0.3 is 0 Å². The average Bonchev–Trinajstić information content (AvgIpc) is 2.78. The summed E-state index contributed by atoms with van der Waals surface area (Å²) < 4.78 is 6.00. The van der Waals surface area contributed by atoms with Gasteiger partial charge in [0.05, 0.1) is 12.5 Å². The van der Waals surface area contributed by atoms with Crippen LogP contribution in [-0.2, 0) is 4.79 Å². The molecule has 0 saturated carbocycles. The molecule has 2 aromatic rings. The van der Waals surface area contributed by atoms with Crippen molar-refractivity contribution in [2.45, 2.75) is 25.9 Å². The number of hydrazone groups is 1. The minimum atomic E-state index is -0.968. The van der Waals surface area contributed by atoms with E-state index in [9.17, 15) is 9.59 Å². The van der Waals surface area contributed by atoms with E-state index in [0.29, 0.717) is 32.8 Å². The van der Waals surface area contributed by atoms with Crippen molar-refractivity contribution in [1.82, 2.24) is 10.3 Å². The van der Waals surface area contributed by atoms with Gasteiger partial charge in [-0.1, -0.05) is 41.0 Å². The third kappa shape index (κ3) is 4.38. The van der Waals surface area contributed by atoms with E-state index in [4.69, 9.17) is 4.74 Å². The molecule has 0 fully saturated rings. The molecule has 4 rings (SSSR count). The van der Waals surface area contributed by atoms with Gasteiger partial charge in [-0.25, -0.2) is 10.0 Å². The molecule has 7 nitrogen and oxygen atoms in total. The molecule has 0 bridgehead atoms. The van der Waals surface area contributed by atoms with E-state index in [1.807, 2.05) is 12.1 Å². The number of ketones is 1. The van der Waals surface area contributed by atoms with E-state index >= 15 is 0 Å². The summed E-state index contributed by atoms with van der Waals surface area (Å²) in [6, 6.07) is 12.3. The van der Waals surface area contributed by atoms with E-state index in [-0.39, 0.29) is 11.7 Å². The predicted octanol–water partition coefficient (Wildman–Crippen LogP) is 2.64. The Morgan fingerprint density at radius 2 is 2.03 bits per heavy atom. The van der Waals surface area contributed by atoms with Crippen molar-refractivity contribution in [2.75, 3.05) is 12.9 Å². The van der Waals surface area contributed by atoms with Gasteiger partial charge in [-0.3, -0.25) is 14.9 Å². The highest BCUT2D eigenvalue weighted by molar-refractivity contribution is 9.10. The van der Waals surface area contributed by atoms with Gasteiger partial charge in [0, 0.05) is 21.0 Å².